The van der Waals surface area contributed by atoms with Crippen molar-refractivity contribution in [1.29, 1.82) is 0 Å². The van der Waals surface area contributed by atoms with Crippen LogP contribution < -0.4 is 0 Å². The van der Waals surface area contributed by atoms with Crippen molar-refractivity contribution in [3.8, 4) is 0 Å². The Labute approximate surface area is 124 Å². The van der Waals surface area contributed by atoms with E-state index < -0.39 is 17.9 Å². The maximum atomic E-state index is 11.3. The fourth-order valence-corrected chi connectivity index (χ4v) is 3.14. The van der Waals surface area contributed by atoms with Crippen molar-refractivity contribution in [1.82, 2.24) is 0 Å². The Morgan fingerprint density at radius 1 is 1.05 bits per heavy atom. The van der Waals surface area contributed by atoms with Gasteiger partial charge in [0.1, 0.15) is 0 Å². The van der Waals surface area contributed by atoms with E-state index >= 15 is 0 Å². The van der Waals surface area contributed by atoms with Crippen molar-refractivity contribution in [3.05, 3.63) is 35.4 Å². The number of benzene rings is 1. The predicted molar refractivity (Wildman–Crippen MR) is 79.5 cm³/mol. The zero-order valence-electron chi connectivity index (χ0n) is 12.1. The molecular formula is C17H22O4. The van der Waals surface area contributed by atoms with E-state index in [9.17, 15) is 14.7 Å². The molecule has 4 heteroatoms. The number of rotatable bonds is 6. The van der Waals surface area contributed by atoms with Crippen molar-refractivity contribution in [2.45, 2.75) is 56.8 Å². The van der Waals surface area contributed by atoms with E-state index in [0.717, 1.165) is 0 Å². The fraction of sp³-hybridized carbons (Fsp3) is 0.529. The van der Waals surface area contributed by atoms with E-state index in [1.165, 1.54) is 37.7 Å². The molecule has 1 aromatic carbocycles. The van der Waals surface area contributed by atoms with E-state index in [2.05, 4.69) is 0 Å². The average Bonchev–Trinajstić information content (AvgIpc) is 2.48. The lowest BCUT2D eigenvalue weighted by Gasteiger charge is -2.22. The maximum absolute atomic E-state index is 11.3. The second-order valence-electron chi connectivity index (χ2n) is 5.82. The normalized spacial score (nSPS) is 17.3. The molecule has 0 radical (unpaired) electrons. The molecule has 0 amide bonds. The van der Waals surface area contributed by atoms with Crippen LogP contribution in [0.2, 0.25) is 0 Å². The van der Waals surface area contributed by atoms with Crippen LogP contribution in [-0.2, 0) is 9.59 Å². The summed E-state index contributed by atoms with van der Waals surface area (Å²) in [6, 6.07) is 7.74. The maximum Gasteiger partial charge on any atom is 0.310 e. The highest BCUT2D eigenvalue weighted by Crippen LogP contribution is 2.33. The molecule has 0 unspecified atom stereocenters. The number of carboxylic acids is 2. The van der Waals surface area contributed by atoms with Crippen LogP contribution in [0.1, 0.15) is 67.9 Å². The van der Waals surface area contributed by atoms with Gasteiger partial charge in [-0.15, -0.1) is 0 Å². The molecule has 1 aromatic rings. The Hall–Kier alpha value is -1.84. The van der Waals surface area contributed by atoms with Gasteiger partial charge in [0.2, 0.25) is 0 Å². The summed E-state index contributed by atoms with van der Waals surface area (Å²) in [6.45, 7) is 0. The smallest absolute Gasteiger partial charge is 0.310 e. The highest BCUT2D eigenvalue weighted by molar-refractivity contribution is 5.77. The summed E-state index contributed by atoms with van der Waals surface area (Å²) in [5.74, 6) is -2.06. The minimum absolute atomic E-state index is 0.124. The fourth-order valence-electron chi connectivity index (χ4n) is 3.14. The SMILES string of the molecule is O=C(O)CC[C@@H](C(=O)O)c1ccc(C2CCCCC2)cc1. The molecule has 1 fully saturated rings. The van der Waals surface area contributed by atoms with Crippen LogP contribution in [0, 0.1) is 0 Å². The van der Waals surface area contributed by atoms with Gasteiger partial charge < -0.3 is 10.2 Å². The Balaban J connectivity index is 2.07. The molecule has 1 aliphatic rings. The second-order valence-corrected chi connectivity index (χ2v) is 5.82. The van der Waals surface area contributed by atoms with Gasteiger partial charge in [-0.05, 0) is 36.3 Å². The Kier molecular flexibility index (Phi) is 5.37. The van der Waals surface area contributed by atoms with Crippen LogP contribution in [-0.4, -0.2) is 22.2 Å². The van der Waals surface area contributed by atoms with Gasteiger partial charge >= 0.3 is 11.9 Å². The number of carbonyl (C=O) groups is 2. The van der Waals surface area contributed by atoms with Crippen molar-refractivity contribution < 1.29 is 19.8 Å². The molecule has 1 saturated carbocycles. The Morgan fingerprint density at radius 2 is 1.67 bits per heavy atom. The summed E-state index contributed by atoms with van der Waals surface area (Å²) in [5.41, 5.74) is 1.98. The van der Waals surface area contributed by atoms with Crippen LogP contribution >= 0.6 is 0 Å². The van der Waals surface area contributed by atoms with Gasteiger partial charge in [-0.2, -0.15) is 0 Å². The average molecular weight is 290 g/mol. The largest absolute Gasteiger partial charge is 0.481 e. The molecular weight excluding hydrogens is 268 g/mol. The van der Waals surface area contributed by atoms with Crippen LogP contribution in [0.25, 0.3) is 0 Å². The summed E-state index contributed by atoms with van der Waals surface area (Å²) in [6.07, 6.45) is 6.27. The molecule has 0 heterocycles. The van der Waals surface area contributed by atoms with Gasteiger partial charge in [0.05, 0.1) is 5.92 Å². The summed E-state index contributed by atoms with van der Waals surface area (Å²) in [4.78, 5) is 21.9. The second kappa shape index (κ2) is 7.25. The summed E-state index contributed by atoms with van der Waals surface area (Å²) < 4.78 is 0. The van der Waals surface area contributed by atoms with Crippen molar-refractivity contribution in [2.75, 3.05) is 0 Å². The van der Waals surface area contributed by atoms with Crippen LogP contribution in [0.15, 0.2) is 24.3 Å². The van der Waals surface area contributed by atoms with Crippen molar-refractivity contribution in [2.24, 2.45) is 0 Å². The quantitative estimate of drug-likeness (QED) is 0.836. The third-order valence-electron chi connectivity index (χ3n) is 4.36. The molecule has 2 rings (SSSR count). The van der Waals surface area contributed by atoms with Gasteiger partial charge in [-0.1, -0.05) is 43.5 Å². The van der Waals surface area contributed by atoms with E-state index in [0.29, 0.717) is 11.5 Å². The van der Waals surface area contributed by atoms with Crippen molar-refractivity contribution in [3.63, 3.8) is 0 Å². The van der Waals surface area contributed by atoms with Gasteiger partial charge in [-0.3, -0.25) is 9.59 Å². The first-order valence-electron chi connectivity index (χ1n) is 7.62. The van der Waals surface area contributed by atoms with E-state index in [1.807, 2.05) is 24.3 Å². The topological polar surface area (TPSA) is 74.6 Å². The summed E-state index contributed by atoms with van der Waals surface area (Å²) in [7, 11) is 0. The molecule has 4 nitrogen and oxygen atoms in total. The molecule has 0 bridgehead atoms. The third kappa shape index (κ3) is 4.31. The molecule has 0 aliphatic heterocycles. The summed E-state index contributed by atoms with van der Waals surface area (Å²) in [5, 5.41) is 18.0. The number of hydrogen-bond acceptors (Lipinski definition) is 2. The molecule has 0 aromatic heterocycles. The predicted octanol–water partition coefficient (Wildman–Crippen LogP) is 3.77. The van der Waals surface area contributed by atoms with E-state index in [1.54, 1.807) is 0 Å². The third-order valence-corrected chi connectivity index (χ3v) is 4.36. The molecule has 21 heavy (non-hydrogen) atoms. The van der Waals surface area contributed by atoms with Gasteiger partial charge in [-0.25, -0.2) is 0 Å². The monoisotopic (exact) mass is 290 g/mol. The van der Waals surface area contributed by atoms with Crippen LogP contribution in [0.3, 0.4) is 0 Å². The lowest BCUT2D eigenvalue weighted by molar-refractivity contribution is -0.140. The molecule has 114 valence electrons. The Bertz CT molecular complexity index is 486. The Morgan fingerprint density at radius 3 is 2.19 bits per heavy atom. The molecule has 1 aliphatic carbocycles. The number of carboxylic acid groups (broad SMARTS) is 2. The molecule has 0 spiro atoms. The van der Waals surface area contributed by atoms with Crippen LogP contribution in [0.5, 0.6) is 0 Å². The van der Waals surface area contributed by atoms with Crippen molar-refractivity contribution >= 4 is 11.9 Å². The minimum atomic E-state index is -0.958. The first-order valence-corrected chi connectivity index (χ1v) is 7.62. The van der Waals surface area contributed by atoms with Gasteiger partial charge in [0.25, 0.3) is 0 Å². The summed E-state index contributed by atoms with van der Waals surface area (Å²) >= 11 is 0. The first kappa shape index (κ1) is 15.5. The van der Waals surface area contributed by atoms with Gasteiger partial charge in [0, 0.05) is 6.42 Å². The highest BCUT2D eigenvalue weighted by Gasteiger charge is 2.22. The lowest BCUT2D eigenvalue weighted by atomic mass is 9.83. The zero-order chi connectivity index (χ0) is 15.2. The molecule has 0 saturated heterocycles. The lowest BCUT2D eigenvalue weighted by Crippen LogP contribution is -2.13. The van der Waals surface area contributed by atoms with Gasteiger partial charge in [0.15, 0.2) is 0 Å². The van der Waals surface area contributed by atoms with E-state index in [-0.39, 0.29) is 12.8 Å². The number of aliphatic carboxylic acids is 2. The number of hydrogen-bond donors (Lipinski definition) is 2. The zero-order valence-corrected chi connectivity index (χ0v) is 12.1. The van der Waals surface area contributed by atoms with Crippen LogP contribution in [0.4, 0.5) is 0 Å². The molecule has 1 atom stereocenters. The first-order chi connectivity index (χ1) is 10.1. The standard InChI is InChI=1S/C17H22O4/c18-16(19)11-10-15(17(20)21)14-8-6-13(7-9-14)12-4-2-1-3-5-12/h6-9,12,15H,1-5,10-11H2,(H,18,19)(H,20,21)/t15-/m1/s1. The minimum Gasteiger partial charge on any atom is -0.481 e. The highest BCUT2D eigenvalue weighted by atomic mass is 16.4. The van der Waals surface area contributed by atoms with E-state index in [4.69, 9.17) is 5.11 Å². The molecule has 2 N–H and O–H groups in total.